The van der Waals surface area contributed by atoms with Gasteiger partial charge < -0.3 is 4.74 Å². The van der Waals surface area contributed by atoms with Crippen molar-refractivity contribution >= 4 is 0 Å². The Kier molecular flexibility index (Phi) is 4.20. The lowest BCUT2D eigenvalue weighted by atomic mass is 9.97. The average molecular weight is 256 g/mol. The van der Waals surface area contributed by atoms with Crippen molar-refractivity contribution in [2.75, 3.05) is 7.11 Å². The molecule has 0 saturated heterocycles. The summed E-state index contributed by atoms with van der Waals surface area (Å²) >= 11 is 0. The van der Waals surface area contributed by atoms with Gasteiger partial charge in [0.05, 0.1) is 13.2 Å². The third kappa shape index (κ3) is 2.95. The maximum absolute atomic E-state index is 5.71. The lowest BCUT2D eigenvalue weighted by molar-refractivity contribution is 0.411. The van der Waals surface area contributed by atoms with Crippen molar-refractivity contribution < 1.29 is 4.74 Å². The van der Waals surface area contributed by atoms with Crippen molar-refractivity contribution in [3.63, 3.8) is 0 Å². The van der Waals surface area contributed by atoms with E-state index in [0.717, 1.165) is 22.4 Å². The van der Waals surface area contributed by atoms with E-state index in [-0.39, 0.29) is 6.04 Å². The molecule has 0 radical (unpaired) electrons. The third-order valence-electron chi connectivity index (χ3n) is 3.33. The normalized spacial score (nSPS) is 12.2. The summed E-state index contributed by atoms with van der Waals surface area (Å²) in [6.45, 7) is 4.11. The van der Waals surface area contributed by atoms with Crippen LogP contribution >= 0.6 is 0 Å². The van der Waals surface area contributed by atoms with E-state index in [1.165, 1.54) is 5.56 Å². The molecule has 2 aromatic rings. The first kappa shape index (κ1) is 13.6. The first-order valence-electron chi connectivity index (χ1n) is 6.33. The predicted octanol–water partition coefficient (Wildman–Crippen LogP) is 2.86. The minimum Gasteiger partial charge on any atom is -0.496 e. The van der Waals surface area contributed by atoms with Crippen LogP contribution in [0.25, 0.3) is 0 Å². The van der Waals surface area contributed by atoms with Crippen LogP contribution in [0.4, 0.5) is 0 Å². The fourth-order valence-corrected chi connectivity index (χ4v) is 2.22. The largest absolute Gasteiger partial charge is 0.496 e. The Labute approximate surface area is 114 Å². The molecule has 0 amide bonds. The molecule has 0 saturated carbocycles. The number of nitrogens with one attached hydrogen (secondary N) is 1. The molecule has 0 aliphatic rings. The number of rotatable bonds is 4. The maximum Gasteiger partial charge on any atom is 0.121 e. The SMILES string of the molecule is COc1ccc(C(NN)c2ccc(C)cc2)cc1C. The van der Waals surface area contributed by atoms with Crippen LogP contribution in [0.5, 0.6) is 5.75 Å². The maximum atomic E-state index is 5.71. The van der Waals surface area contributed by atoms with E-state index in [2.05, 4.69) is 42.7 Å². The Morgan fingerprint density at radius 1 is 1.00 bits per heavy atom. The summed E-state index contributed by atoms with van der Waals surface area (Å²) in [4.78, 5) is 0. The van der Waals surface area contributed by atoms with Gasteiger partial charge in [-0.2, -0.15) is 0 Å². The minimum absolute atomic E-state index is 0.00907. The molecule has 0 aliphatic carbocycles. The van der Waals surface area contributed by atoms with Crippen LogP contribution in [0, 0.1) is 13.8 Å². The Balaban J connectivity index is 2.36. The summed E-state index contributed by atoms with van der Waals surface area (Å²) in [6, 6.07) is 14.5. The van der Waals surface area contributed by atoms with Crippen LogP contribution < -0.4 is 16.0 Å². The highest BCUT2D eigenvalue weighted by Crippen LogP contribution is 2.26. The summed E-state index contributed by atoms with van der Waals surface area (Å²) in [5.41, 5.74) is 7.50. The summed E-state index contributed by atoms with van der Waals surface area (Å²) in [6.07, 6.45) is 0. The number of aryl methyl sites for hydroxylation is 2. The second-order valence-corrected chi connectivity index (χ2v) is 4.74. The summed E-state index contributed by atoms with van der Waals surface area (Å²) in [7, 11) is 1.68. The van der Waals surface area contributed by atoms with Crippen LogP contribution in [-0.2, 0) is 0 Å². The molecule has 2 aromatic carbocycles. The Hall–Kier alpha value is -1.84. The van der Waals surface area contributed by atoms with E-state index in [9.17, 15) is 0 Å². The van der Waals surface area contributed by atoms with Gasteiger partial charge in [0.25, 0.3) is 0 Å². The van der Waals surface area contributed by atoms with Crippen LogP contribution in [0.2, 0.25) is 0 Å². The fourth-order valence-electron chi connectivity index (χ4n) is 2.22. The molecular formula is C16H20N2O. The van der Waals surface area contributed by atoms with Gasteiger partial charge in [0.15, 0.2) is 0 Å². The predicted molar refractivity (Wildman–Crippen MR) is 78.1 cm³/mol. The highest BCUT2D eigenvalue weighted by Gasteiger charge is 2.13. The van der Waals surface area contributed by atoms with Gasteiger partial charge >= 0.3 is 0 Å². The molecule has 0 aromatic heterocycles. The number of ether oxygens (including phenoxy) is 1. The van der Waals surface area contributed by atoms with Crippen LogP contribution in [0.1, 0.15) is 28.3 Å². The van der Waals surface area contributed by atoms with Crippen molar-refractivity contribution in [2.24, 2.45) is 5.84 Å². The number of hydrogen-bond donors (Lipinski definition) is 2. The number of methoxy groups -OCH3 is 1. The van der Waals surface area contributed by atoms with E-state index in [0.29, 0.717) is 0 Å². The van der Waals surface area contributed by atoms with Crippen molar-refractivity contribution in [1.82, 2.24) is 5.43 Å². The molecule has 2 rings (SSSR count). The van der Waals surface area contributed by atoms with Crippen LogP contribution in [-0.4, -0.2) is 7.11 Å². The van der Waals surface area contributed by atoms with E-state index >= 15 is 0 Å². The van der Waals surface area contributed by atoms with Gasteiger partial charge in [0.2, 0.25) is 0 Å². The lowest BCUT2D eigenvalue weighted by Crippen LogP contribution is -2.28. The van der Waals surface area contributed by atoms with Crippen LogP contribution in [0.15, 0.2) is 42.5 Å². The molecule has 19 heavy (non-hydrogen) atoms. The fraction of sp³-hybridized carbons (Fsp3) is 0.250. The van der Waals surface area contributed by atoms with Gasteiger partial charge in [-0.25, -0.2) is 5.43 Å². The lowest BCUT2D eigenvalue weighted by Gasteiger charge is -2.18. The molecular weight excluding hydrogens is 236 g/mol. The minimum atomic E-state index is -0.00907. The highest BCUT2D eigenvalue weighted by molar-refractivity contribution is 5.41. The molecule has 0 aliphatic heterocycles. The van der Waals surface area contributed by atoms with Crippen molar-refractivity contribution in [3.8, 4) is 5.75 Å². The van der Waals surface area contributed by atoms with Gasteiger partial charge in [-0.3, -0.25) is 5.84 Å². The Morgan fingerprint density at radius 3 is 2.16 bits per heavy atom. The zero-order valence-electron chi connectivity index (χ0n) is 11.6. The smallest absolute Gasteiger partial charge is 0.121 e. The first-order chi connectivity index (χ1) is 9.15. The Morgan fingerprint density at radius 2 is 1.63 bits per heavy atom. The van der Waals surface area contributed by atoms with E-state index in [4.69, 9.17) is 10.6 Å². The van der Waals surface area contributed by atoms with Gasteiger partial charge in [-0.05, 0) is 36.6 Å². The summed E-state index contributed by atoms with van der Waals surface area (Å²) in [5, 5.41) is 0. The van der Waals surface area contributed by atoms with E-state index in [1.807, 2.05) is 19.1 Å². The molecule has 0 spiro atoms. The molecule has 1 unspecified atom stereocenters. The topological polar surface area (TPSA) is 47.3 Å². The number of hydrogen-bond acceptors (Lipinski definition) is 3. The monoisotopic (exact) mass is 256 g/mol. The van der Waals surface area contributed by atoms with Crippen molar-refractivity contribution in [3.05, 3.63) is 64.7 Å². The van der Waals surface area contributed by atoms with E-state index in [1.54, 1.807) is 7.11 Å². The number of nitrogens with two attached hydrogens (primary N) is 1. The average Bonchev–Trinajstić information content (AvgIpc) is 2.42. The van der Waals surface area contributed by atoms with Gasteiger partial charge in [-0.1, -0.05) is 42.0 Å². The first-order valence-corrected chi connectivity index (χ1v) is 6.33. The van der Waals surface area contributed by atoms with Crippen molar-refractivity contribution in [2.45, 2.75) is 19.9 Å². The summed E-state index contributed by atoms with van der Waals surface area (Å²) < 4.78 is 5.28. The number of hydrazine groups is 1. The quantitative estimate of drug-likeness (QED) is 0.653. The molecule has 3 heteroatoms. The van der Waals surface area contributed by atoms with Crippen LogP contribution in [0.3, 0.4) is 0 Å². The zero-order valence-corrected chi connectivity index (χ0v) is 11.6. The zero-order chi connectivity index (χ0) is 13.8. The molecule has 0 heterocycles. The Bertz CT molecular complexity index is 549. The molecule has 3 nitrogen and oxygen atoms in total. The molecule has 0 bridgehead atoms. The molecule has 100 valence electrons. The molecule has 1 atom stereocenters. The highest BCUT2D eigenvalue weighted by atomic mass is 16.5. The molecule has 0 fully saturated rings. The third-order valence-corrected chi connectivity index (χ3v) is 3.33. The number of benzene rings is 2. The van der Waals surface area contributed by atoms with Gasteiger partial charge in [0, 0.05) is 0 Å². The van der Waals surface area contributed by atoms with E-state index < -0.39 is 0 Å². The summed E-state index contributed by atoms with van der Waals surface area (Å²) in [5.74, 6) is 6.61. The standard InChI is InChI=1S/C16H20N2O/c1-11-4-6-13(7-5-11)16(18-17)14-8-9-15(19-3)12(2)10-14/h4-10,16,18H,17H2,1-3H3. The second kappa shape index (κ2) is 5.87. The van der Waals surface area contributed by atoms with Crippen molar-refractivity contribution in [1.29, 1.82) is 0 Å². The molecule has 3 N–H and O–H groups in total. The second-order valence-electron chi connectivity index (χ2n) is 4.74. The van der Waals surface area contributed by atoms with Gasteiger partial charge in [-0.15, -0.1) is 0 Å². The van der Waals surface area contributed by atoms with Gasteiger partial charge in [0.1, 0.15) is 5.75 Å².